The molecule has 22 heavy (non-hydrogen) atoms. The van der Waals surface area contributed by atoms with Crippen molar-refractivity contribution in [2.45, 2.75) is 19.4 Å². The van der Waals surface area contributed by atoms with Crippen molar-refractivity contribution in [1.82, 2.24) is 0 Å². The van der Waals surface area contributed by atoms with Gasteiger partial charge in [0, 0.05) is 15.6 Å². The summed E-state index contributed by atoms with van der Waals surface area (Å²) in [6.07, 6.45) is 0. The average Bonchev–Trinajstić information content (AvgIpc) is 2.72. The zero-order valence-corrected chi connectivity index (χ0v) is 13.2. The fraction of sp³-hybridized carbons (Fsp3) is 0.188. The Morgan fingerprint density at radius 3 is 2.09 bits per heavy atom. The number of ether oxygens (including phenoxy) is 1. The molecule has 0 saturated heterocycles. The molecule has 0 bridgehead atoms. The number of benzene rings is 1. The number of hydrogen-bond acceptors (Lipinski definition) is 4. The van der Waals surface area contributed by atoms with E-state index >= 15 is 0 Å². The summed E-state index contributed by atoms with van der Waals surface area (Å²) in [6, 6.07) is 10.4. The van der Waals surface area contributed by atoms with Gasteiger partial charge in [-0.25, -0.2) is 0 Å². The van der Waals surface area contributed by atoms with Gasteiger partial charge in [-0.15, -0.1) is 0 Å². The van der Waals surface area contributed by atoms with Crippen LogP contribution in [0.4, 0.5) is 0 Å². The molecule has 6 heteroatoms. The van der Waals surface area contributed by atoms with E-state index < -0.39 is 5.60 Å². The monoisotopic (exact) mass is 329 g/mol. The molecule has 1 unspecified atom stereocenters. The first-order valence-corrected chi connectivity index (χ1v) is 6.95. The van der Waals surface area contributed by atoms with Crippen molar-refractivity contribution in [2.75, 3.05) is 0 Å². The van der Waals surface area contributed by atoms with Crippen LogP contribution in [-0.2, 0) is 10.3 Å². The van der Waals surface area contributed by atoms with E-state index in [9.17, 15) is 5.26 Å². The van der Waals surface area contributed by atoms with E-state index in [4.69, 9.17) is 38.5 Å². The van der Waals surface area contributed by atoms with Crippen LogP contribution < -0.4 is 0 Å². The van der Waals surface area contributed by atoms with Gasteiger partial charge in [-0.2, -0.15) is 15.8 Å². The van der Waals surface area contributed by atoms with Crippen LogP contribution in [0.25, 0.3) is 0 Å². The van der Waals surface area contributed by atoms with Gasteiger partial charge >= 0.3 is 0 Å². The molecule has 2 rings (SSSR count). The molecular formula is C16H9Cl2N3O. The summed E-state index contributed by atoms with van der Waals surface area (Å²) in [6.45, 7) is 3.45. The van der Waals surface area contributed by atoms with Gasteiger partial charge in [0.05, 0.1) is 5.57 Å². The van der Waals surface area contributed by atoms with E-state index in [0.717, 1.165) is 0 Å². The topological polar surface area (TPSA) is 80.6 Å². The standard InChI is InChI=1S/C16H9Cl2N3O/c1-9-14(8-21)15(10(6-19)7-20)22-16(9,2)11-3-12(17)5-13(18)4-11/h3-5H,1-2H3. The van der Waals surface area contributed by atoms with Crippen LogP contribution in [0.2, 0.25) is 10.0 Å². The molecule has 1 atom stereocenters. The Balaban J connectivity index is 2.72. The highest BCUT2D eigenvalue weighted by Crippen LogP contribution is 2.46. The summed E-state index contributed by atoms with van der Waals surface area (Å²) >= 11 is 12.0. The molecule has 1 aromatic carbocycles. The second kappa shape index (κ2) is 5.74. The van der Waals surface area contributed by atoms with Gasteiger partial charge in [0.1, 0.15) is 18.2 Å². The number of nitriles is 3. The van der Waals surface area contributed by atoms with Crippen LogP contribution in [0.1, 0.15) is 19.4 Å². The number of rotatable bonds is 1. The molecule has 0 aliphatic carbocycles. The van der Waals surface area contributed by atoms with Crippen molar-refractivity contribution in [3.63, 3.8) is 0 Å². The Labute approximate surface area is 138 Å². The molecule has 4 nitrogen and oxygen atoms in total. The smallest absolute Gasteiger partial charge is 0.172 e. The number of nitrogens with zero attached hydrogens (tertiary/aromatic N) is 3. The van der Waals surface area contributed by atoms with E-state index in [1.54, 1.807) is 44.2 Å². The second-order valence-corrected chi connectivity index (χ2v) is 5.71. The Morgan fingerprint density at radius 2 is 1.64 bits per heavy atom. The summed E-state index contributed by atoms with van der Waals surface area (Å²) in [5.74, 6) is -0.0106. The molecule has 0 spiro atoms. The molecule has 0 amide bonds. The fourth-order valence-electron chi connectivity index (χ4n) is 2.28. The largest absolute Gasteiger partial charge is 0.475 e. The number of allylic oxidation sites excluding steroid dienone is 2. The molecule has 1 heterocycles. The van der Waals surface area contributed by atoms with E-state index in [2.05, 4.69) is 0 Å². The number of hydrogen-bond donors (Lipinski definition) is 0. The van der Waals surface area contributed by atoms with Gasteiger partial charge in [0.2, 0.25) is 0 Å². The summed E-state index contributed by atoms with van der Waals surface area (Å²) in [7, 11) is 0. The highest BCUT2D eigenvalue weighted by molar-refractivity contribution is 6.34. The van der Waals surface area contributed by atoms with Crippen LogP contribution in [-0.4, -0.2) is 0 Å². The highest BCUT2D eigenvalue weighted by atomic mass is 35.5. The maximum absolute atomic E-state index is 9.34. The fourth-order valence-corrected chi connectivity index (χ4v) is 2.81. The summed E-state index contributed by atoms with van der Waals surface area (Å²) in [5, 5.41) is 28.3. The van der Waals surface area contributed by atoms with Crippen LogP contribution in [0.15, 0.2) is 40.7 Å². The third kappa shape index (κ3) is 2.42. The van der Waals surface area contributed by atoms with E-state index in [0.29, 0.717) is 21.2 Å². The lowest BCUT2D eigenvalue weighted by Gasteiger charge is -2.27. The molecule has 1 aliphatic rings. The Kier molecular flexibility index (Phi) is 4.16. The van der Waals surface area contributed by atoms with Crippen molar-refractivity contribution in [3.05, 3.63) is 56.3 Å². The van der Waals surface area contributed by atoms with Gasteiger partial charge in [-0.1, -0.05) is 23.2 Å². The van der Waals surface area contributed by atoms with E-state index in [1.165, 1.54) is 0 Å². The number of halogens is 2. The zero-order chi connectivity index (χ0) is 16.5. The van der Waals surface area contributed by atoms with E-state index in [-0.39, 0.29) is 16.9 Å². The van der Waals surface area contributed by atoms with Crippen LogP contribution in [0.3, 0.4) is 0 Å². The van der Waals surface area contributed by atoms with E-state index in [1.807, 2.05) is 6.07 Å². The van der Waals surface area contributed by atoms with Crippen LogP contribution >= 0.6 is 23.2 Å². The normalized spacial score (nSPS) is 20.0. The first-order chi connectivity index (χ1) is 10.4. The minimum Gasteiger partial charge on any atom is -0.475 e. The molecule has 0 saturated carbocycles. The minimum absolute atomic E-state index is 0.0106. The molecular weight excluding hydrogens is 321 g/mol. The summed E-state index contributed by atoms with van der Waals surface area (Å²) < 4.78 is 5.83. The third-order valence-corrected chi connectivity index (χ3v) is 4.04. The Bertz CT molecular complexity index is 813. The minimum atomic E-state index is -1.02. The van der Waals surface area contributed by atoms with Gasteiger partial charge in [-0.05, 0) is 37.6 Å². The van der Waals surface area contributed by atoms with Crippen LogP contribution in [0.5, 0.6) is 0 Å². The quantitative estimate of drug-likeness (QED) is 0.716. The van der Waals surface area contributed by atoms with Gasteiger partial charge in [0.25, 0.3) is 0 Å². The van der Waals surface area contributed by atoms with Gasteiger partial charge in [0.15, 0.2) is 16.9 Å². The molecule has 0 fully saturated rings. The summed E-state index contributed by atoms with van der Waals surface area (Å²) in [4.78, 5) is 0. The molecule has 0 aromatic heterocycles. The Morgan fingerprint density at radius 1 is 1.09 bits per heavy atom. The first-order valence-electron chi connectivity index (χ1n) is 6.19. The predicted octanol–water partition coefficient (Wildman–Crippen LogP) is 4.38. The lowest BCUT2D eigenvalue weighted by atomic mass is 9.88. The molecule has 1 aromatic rings. The lowest BCUT2D eigenvalue weighted by molar-refractivity contribution is 0.0728. The van der Waals surface area contributed by atoms with Crippen molar-refractivity contribution >= 4 is 23.2 Å². The maximum atomic E-state index is 9.34. The molecule has 0 radical (unpaired) electrons. The summed E-state index contributed by atoms with van der Waals surface area (Å²) in [5.41, 5.74) is 0.143. The Hall–Kier alpha value is -2.45. The first kappa shape index (κ1) is 15.9. The van der Waals surface area contributed by atoms with Crippen molar-refractivity contribution < 1.29 is 4.74 Å². The van der Waals surface area contributed by atoms with Crippen molar-refractivity contribution in [2.24, 2.45) is 0 Å². The highest BCUT2D eigenvalue weighted by Gasteiger charge is 2.42. The van der Waals surface area contributed by atoms with Gasteiger partial charge in [-0.3, -0.25) is 0 Å². The lowest BCUT2D eigenvalue weighted by Crippen LogP contribution is -2.23. The van der Waals surface area contributed by atoms with Crippen molar-refractivity contribution in [3.8, 4) is 18.2 Å². The predicted molar refractivity (Wildman–Crippen MR) is 81.5 cm³/mol. The van der Waals surface area contributed by atoms with Crippen LogP contribution in [0, 0.1) is 34.0 Å². The molecule has 1 aliphatic heterocycles. The maximum Gasteiger partial charge on any atom is 0.172 e. The van der Waals surface area contributed by atoms with Gasteiger partial charge < -0.3 is 4.74 Å². The third-order valence-electron chi connectivity index (χ3n) is 3.60. The molecule has 0 N–H and O–H groups in total. The SMILES string of the molecule is CC1=C(C#N)C(=C(C#N)C#N)OC1(C)c1cc(Cl)cc(Cl)c1. The zero-order valence-electron chi connectivity index (χ0n) is 11.7. The molecule has 108 valence electrons. The average molecular weight is 330 g/mol. The second-order valence-electron chi connectivity index (χ2n) is 4.83. The van der Waals surface area contributed by atoms with Crippen molar-refractivity contribution in [1.29, 1.82) is 15.8 Å².